The number of aryl methyl sites for hydroxylation is 2. The van der Waals surface area contributed by atoms with Crippen LogP contribution in [-0.2, 0) is 14.4 Å². The van der Waals surface area contributed by atoms with Gasteiger partial charge in [0, 0.05) is 17.8 Å². The second-order valence-corrected chi connectivity index (χ2v) is 10.9. The number of nitrogens with one attached hydrogen (secondary N) is 2. The molecule has 0 radical (unpaired) electrons. The molecule has 1 aliphatic rings. The molecule has 0 saturated heterocycles. The molecule has 3 aromatic rings. The topological polar surface area (TPSA) is 125 Å². The summed E-state index contributed by atoms with van der Waals surface area (Å²) in [5.74, 6) is -1.05. The summed E-state index contributed by atoms with van der Waals surface area (Å²) >= 11 is 1.07. The van der Waals surface area contributed by atoms with Crippen molar-refractivity contribution >= 4 is 41.0 Å². The number of carbonyl (C=O) groups is 3. The van der Waals surface area contributed by atoms with Crippen molar-refractivity contribution < 1.29 is 28.4 Å². The van der Waals surface area contributed by atoms with Crippen LogP contribution in [0.1, 0.15) is 55.0 Å². The van der Waals surface area contributed by atoms with Crippen molar-refractivity contribution in [1.82, 2.24) is 10.5 Å². The molecule has 9 nitrogen and oxygen atoms in total. The van der Waals surface area contributed by atoms with E-state index in [0.29, 0.717) is 22.6 Å². The Morgan fingerprint density at radius 1 is 1.07 bits per heavy atom. The van der Waals surface area contributed by atoms with Crippen molar-refractivity contribution in [2.75, 3.05) is 21.7 Å². The maximum atomic E-state index is 13.8. The van der Waals surface area contributed by atoms with Crippen LogP contribution in [0.3, 0.4) is 0 Å². The molecule has 1 saturated carbocycles. The second-order valence-electron chi connectivity index (χ2n) is 9.90. The summed E-state index contributed by atoms with van der Waals surface area (Å²) in [6.45, 7) is 3.44. The molecular weight excluding hydrogens is 535 g/mol. The predicted molar refractivity (Wildman–Crippen MR) is 152 cm³/mol. The second kappa shape index (κ2) is 13.5. The number of halogens is 1. The van der Waals surface area contributed by atoms with Gasteiger partial charge in [0.15, 0.2) is 5.82 Å². The fraction of sp³-hybridized carbons (Fsp3) is 0.379. The number of anilines is 2. The third-order valence-corrected chi connectivity index (χ3v) is 7.65. The van der Waals surface area contributed by atoms with Gasteiger partial charge in [-0.15, -0.1) is 11.8 Å². The van der Waals surface area contributed by atoms with Crippen LogP contribution >= 0.6 is 11.8 Å². The lowest BCUT2D eigenvalue weighted by Crippen LogP contribution is -2.48. The summed E-state index contributed by atoms with van der Waals surface area (Å²) in [7, 11) is 0. The first-order valence-electron chi connectivity index (χ1n) is 13.2. The van der Waals surface area contributed by atoms with Crippen LogP contribution in [0.15, 0.2) is 53.1 Å². The van der Waals surface area contributed by atoms with Crippen LogP contribution in [0.5, 0.6) is 5.75 Å². The summed E-state index contributed by atoms with van der Waals surface area (Å²) in [6, 6.07) is 10.6. The van der Waals surface area contributed by atoms with Crippen molar-refractivity contribution in [3.63, 3.8) is 0 Å². The van der Waals surface area contributed by atoms with Gasteiger partial charge in [0.2, 0.25) is 17.7 Å². The highest BCUT2D eigenvalue weighted by Gasteiger charge is 2.34. The number of rotatable bonds is 10. The minimum absolute atomic E-state index is 0.00592. The molecule has 1 unspecified atom stereocenters. The molecule has 11 heteroatoms. The van der Waals surface area contributed by atoms with Crippen molar-refractivity contribution in [3.8, 4) is 5.75 Å². The number of nitrogens with zero attached hydrogens (tertiary/aromatic N) is 2. The molecule has 0 aliphatic heterocycles. The van der Waals surface area contributed by atoms with E-state index in [9.17, 15) is 23.9 Å². The number of amides is 3. The fourth-order valence-electron chi connectivity index (χ4n) is 4.68. The Kier molecular flexibility index (Phi) is 9.81. The molecule has 3 N–H and O–H groups in total. The predicted octanol–water partition coefficient (Wildman–Crippen LogP) is 5.03. The van der Waals surface area contributed by atoms with Crippen molar-refractivity contribution in [2.24, 2.45) is 0 Å². The number of hydrogen-bond donors (Lipinski definition) is 3. The van der Waals surface area contributed by atoms with Gasteiger partial charge < -0.3 is 20.3 Å². The van der Waals surface area contributed by atoms with E-state index in [1.54, 1.807) is 32.0 Å². The molecule has 1 aromatic heterocycles. The Bertz CT molecular complexity index is 1340. The Hall–Kier alpha value is -3.86. The molecule has 0 bridgehead atoms. The normalized spacial score (nSPS) is 14.4. The Morgan fingerprint density at radius 3 is 2.45 bits per heavy atom. The van der Waals surface area contributed by atoms with Crippen LogP contribution in [0, 0.1) is 19.7 Å². The highest BCUT2D eigenvalue weighted by molar-refractivity contribution is 8.00. The zero-order valence-electron chi connectivity index (χ0n) is 22.5. The average molecular weight is 569 g/mol. The van der Waals surface area contributed by atoms with E-state index >= 15 is 0 Å². The van der Waals surface area contributed by atoms with Gasteiger partial charge in [-0.2, -0.15) is 0 Å². The highest BCUT2D eigenvalue weighted by Crippen LogP contribution is 2.32. The van der Waals surface area contributed by atoms with E-state index in [1.165, 1.54) is 35.2 Å². The van der Waals surface area contributed by atoms with E-state index in [1.807, 2.05) is 0 Å². The van der Waals surface area contributed by atoms with Crippen LogP contribution in [-0.4, -0.2) is 45.5 Å². The summed E-state index contributed by atoms with van der Waals surface area (Å²) in [4.78, 5) is 41.3. The highest BCUT2D eigenvalue weighted by atomic mass is 32.2. The minimum Gasteiger partial charge on any atom is -0.508 e. The van der Waals surface area contributed by atoms with Crippen LogP contribution in [0.2, 0.25) is 0 Å². The van der Waals surface area contributed by atoms with Gasteiger partial charge in [-0.25, -0.2) is 4.39 Å². The first kappa shape index (κ1) is 29.1. The smallest absolute Gasteiger partial charge is 0.248 e. The van der Waals surface area contributed by atoms with Gasteiger partial charge in [-0.3, -0.25) is 19.3 Å². The van der Waals surface area contributed by atoms with E-state index in [2.05, 4.69) is 15.8 Å². The lowest BCUT2D eigenvalue weighted by Gasteiger charge is -2.33. The third kappa shape index (κ3) is 7.62. The maximum absolute atomic E-state index is 13.8. The number of phenols is 1. The molecule has 1 atom stereocenters. The Labute approximate surface area is 236 Å². The van der Waals surface area contributed by atoms with Crippen molar-refractivity contribution in [3.05, 3.63) is 71.2 Å². The van der Waals surface area contributed by atoms with Gasteiger partial charge in [-0.05, 0) is 68.1 Å². The number of benzene rings is 2. The zero-order chi connectivity index (χ0) is 28.6. The fourth-order valence-corrected chi connectivity index (χ4v) is 5.36. The SMILES string of the molecule is Cc1cc(NC(=O)CSCC(=O)N(c2ccc(F)cc2)C(C(=O)NC2CCCCC2)c2ccc(C)c(O)c2)no1. The Balaban J connectivity index is 1.59. The van der Waals surface area contributed by atoms with E-state index < -0.39 is 23.7 Å². The molecular formula is C29H33FN4O5S. The zero-order valence-corrected chi connectivity index (χ0v) is 23.3. The summed E-state index contributed by atoms with van der Waals surface area (Å²) in [5, 5.41) is 19.9. The van der Waals surface area contributed by atoms with Crippen molar-refractivity contribution in [1.29, 1.82) is 0 Å². The average Bonchev–Trinajstić information content (AvgIpc) is 3.34. The van der Waals surface area contributed by atoms with Gasteiger partial charge in [-0.1, -0.05) is 36.6 Å². The van der Waals surface area contributed by atoms with Gasteiger partial charge in [0.05, 0.1) is 11.5 Å². The first-order chi connectivity index (χ1) is 19.2. The quantitative estimate of drug-likeness (QED) is 0.313. The number of aromatic hydroxyl groups is 1. The van der Waals surface area contributed by atoms with Gasteiger partial charge in [0.1, 0.15) is 23.4 Å². The van der Waals surface area contributed by atoms with E-state index in [0.717, 1.165) is 43.9 Å². The van der Waals surface area contributed by atoms with Gasteiger partial charge in [0.25, 0.3) is 0 Å². The number of thioether (sulfide) groups is 1. The summed E-state index contributed by atoms with van der Waals surface area (Å²) in [5.41, 5.74) is 1.36. The molecule has 0 spiro atoms. The van der Waals surface area contributed by atoms with Crippen LogP contribution in [0.25, 0.3) is 0 Å². The number of aromatic nitrogens is 1. The molecule has 2 aromatic carbocycles. The molecule has 212 valence electrons. The number of carbonyl (C=O) groups excluding carboxylic acids is 3. The standard InChI is InChI=1S/C29H33FN4O5S/c1-18-8-9-20(15-24(18)35)28(29(38)31-22-6-4-3-5-7-22)34(23-12-10-21(30)11-13-23)27(37)17-40-16-26(36)32-25-14-19(2)39-33-25/h8-15,22,28,35H,3-7,16-17H2,1-2H3,(H,31,38)(H,32,33,36). The molecule has 1 aliphatic carbocycles. The van der Waals surface area contributed by atoms with E-state index in [4.69, 9.17) is 4.52 Å². The number of phenolic OH excluding ortho intramolecular Hbond substituents is 1. The lowest BCUT2D eigenvalue weighted by molar-refractivity contribution is -0.126. The van der Waals surface area contributed by atoms with Crippen LogP contribution in [0.4, 0.5) is 15.9 Å². The summed E-state index contributed by atoms with van der Waals surface area (Å²) < 4.78 is 18.8. The number of hydrogen-bond acceptors (Lipinski definition) is 7. The first-order valence-corrected chi connectivity index (χ1v) is 14.3. The maximum Gasteiger partial charge on any atom is 0.248 e. The minimum atomic E-state index is -1.13. The molecule has 4 rings (SSSR count). The third-order valence-electron chi connectivity index (χ3n) is 6.73. The molecule has 3 amide bonds. The molecule has 1 heterocycles. The lowest BCUT2D eigenvalue weighted by atomic mass is 9.94. The molecule has 1 fully saturated rings. The van der Waals surface area contributed by atoms with Crippen molar-refractivity contribution in [2.45, 2.75) is 58.0 Å². The monoisotopic (exact) mass is 568 g/mol. The van der Waals surface area contributed by atoms with Gasteiger partial charge >= 0.3 is 0 Å². The molecule has 40 heavy (non-hydrogen) atoms. The largest absolute Gasteiger partial charge is 0.508 e. The van der Waals surface area contributed by atoms with Crippen LogP contribution < -0.4 is 15.5 Å². The Morgan fingerprint density at radius 2 is 1.80 bits per heavy atom. The summed E-state index contributed by atoms with van der Waals surface area (Å²) in [6.07, 6.45) is 4.82. The van der Waals surface area contributed by atoms with E-state index in [-0.39, 0.29) is 35.0 Å².